The first kappa shape index (κ1) is 19.1. The highest BCUT2D eigenvalue weighted by Crippen LogP contribution is 2.39. The van der Waals surface area contributed by atoms with Crippen molar-refractivity contribution in [3.63, 3.8) is 0 Å². The molecule has 1 aliphatic rings. The number of halogens is 2. The van der Waals surface area contributed by atoms with Crippen LogP contribution in [0.25, 0.3) is 6.08 Å². The van der Waals surface area contributed by atoms with E-state index < -0.39 is 11.8 Å². The van der Waals surface area contributed by atoms with E-state index in [1.807, 2.05) is 24.3 Å². The summed E-state index contributed by atoms with van der Waals surface area (Å²) in [6.07, 6.45) is 1.67. The number of allylic oxidation sites excluding steroid dienone is 1. The Labute approximate surface area is 174 Å². The Hall–Kier alpha value is -3.25. The Kier molecular flexibility index (Phi) is 5.03. The minimum Gasteiger partial charge on any atom is -0.452 e. The van der Waals surface area contributed by atoms with Gasteiger partial charge in [-0.05, 0) is 67.1 Å². The van der Waals surface area contributed by atoms with Gasteiger partial charge in [-0.25, -0.2) is 9.18 Å². The van der Waals surface area contributed by atoms with E-state index in [2.05, 4.69) is 15.9 Å². The molecule has 0 amide bonds. The molecule has 0 N–H and O–H groups in total. The van der Waals surface area contributed by atoms with Crippen molar-refractivity contribution in [3.8, 4) is 11.5 Å². The summed E-state index contributed by atoms with van der Waals surface area (Å²) < 4.78 is 25.2. The maximum atomic E-state index is 13.0. The summed E-state index contributed by atoms with van der Waals surface area (Å²) in [4.78, 5) is 25.0. The maximum absolute atomic E-state index is 13.0. The fraction of sp³-hybridized carbons (Fsp3) is 0.0435. The summed E-state index contributed by atoms with van der Waals surface area (Å²) >= 11 is 3.37. The Morgan fingerprint density at radius 1 is 1.03 bits per heavy atom. The number of hydrogen-bond acceptors (Lipinski definition) is 4. The van der Waals surface area contributed by atoms with Gasteiger partial charge in [0.2, 0.25) is 5.78 Å². The van der Waals surface area contributed by atoms with Gasteiger partial charge in [0.05, 0.1) is 11.1 Å². The van der Waals surface area contributed by atoms with Crippen LogP contribution < -0.4 is 9.47 Å². The summed E-state index contributed by atoms with van der Waals surface area (Å²) in [6.45, 7) is 1.71. The van der Waals surface area contributed by atoms with Gasteiger partial charge in [-0.3, -0.25) is 4.79 Å². The normalized spacial score (nSPS) is 13.9. The lowest BCUT2D eigenvalue weighted by molar-refractivity contribution is 0.0733. The van der Waals surface area contributed by atoms with Crippen molar-refractivity contribution in [1.82, 2.24) is 0 Å². The van der Waals surface area contributed by atoms with Crippen molar-refractivity contribution in [2.45, 2.75) is 6.92 Å². The van der Waals surface area contributed by atoms with E-state index in [1.165, 1.54) is 24.3 Å². The molecule has 144 valence electrons. The quantitative estimate of drug-likeness (QED) is 0.289. The van der Waals surface area contributed by atoms with E-state index in [1.54, 1.807) is 25.1 Å². The molecular formula is C23H14BrFO4. The molecule has 6 heteroatoms. The number of benzene rings is 3. The molecule has 0 aromatic heterocycles. The van der Waals surface area contributed by atoms with Crippen molar-refractivity contribution in [2.75, 3.05) is 0 Å². The first-order valence-corrected chi connectivity index (χ1v) is 9.53. The summed E-state index contributed by atoms with van der Waals surface area (Å²) in [7, 11) is 0. The van der Waals surface area contributed by atoms with Gasteiger partial charge in [0.25, 0.3) is 0 Å². The summed E-state index contributed by atoms with van der Waals surface area (Å²) in [5, 5.41) is 0. The Balaban J connectivity index is 1.60. The van der Waals surface area contributed by atoms with Crippen molar-refractivity contribution < 1.29 is 23.5 Å². The van der Waals surface area contributed by atoms with E-state index >= 15 is 0 Å². The number of ether oxygens (including phenoxy) is 2. The monoisotopic (exact) mass is 452 g/mol. The number of Topliss-reactive ketones (excluding diaryl/α,β-unsaturated/α-hetero) is 1. The highest BCUT2D eigenvalue weighted by molar-refractivity contribution is 9.10. The fourth-order valence-corrected chi connectivity index (χ4v) is 3.20. The molecule has 0 spiro atoms. The molecule has 29 heavy (non-hydrogen) atoms. The lowest BCUT2D eigenvalue weighted by atomic mass is 10.1. The zero-order valence-corrected chi connectivity index (χ0v) is 16.8. The number of rotatable bonds is 3. The van der Waals surface area contributed by atoms with Crippen LogP contribution in [0.1, 0.15) is 31.8 Å². The van der Waals surface area contributed by atoms with Gasteiger partial charge in [0.15, 0.2) is 5.76 Å². The third-order valence-electron chi connectivity index (χ3n) is 4.49. The minimum absolute atomic E-state index is 0.201. The predicted octanol–water partition coefficient (Wildman–Crippen LogP) is 5.73. The molecule has 0 aliphatic carbocycles. The lowest BCUT2D eigenvalue weighted by Gasteiger charge is -2.10. The summed E-state index contributed by atoms with van der Waals surface area (Å²) in [5.41, 5.74) is 1.99. The highest BCUT2D eigenvalue weighted by Gasteiger charge is 2.30. The third-order valence-corrected chi connectivity index (χ3v) is 5.02. The van der Waals surface area contributed by atoms with Gasteiger partial charge in [-0.2, -0.15) is 0 Å². The van der Waals surface area contributed by atoms with Gasteiger partial charge < -0.3 is 9.47 Å². The van der Waals surface area contributed by atoms with Crippen LogP contribution in [-0.2, 0) is 0 Å². The number of carbonyl (C=O) groups is 2. The smallest absolute Gasteiger partial charge is 0.343 e. The summed E-state index contributed by atoms with van der Waals surface area (Å²) in [5.74, 6) is -0.455. The molecule has 3 aromatic rings. The third kappa shape index (κ3) is 3.84. The molecule has 0 radical (unpaired) electrons. The second kappa shape index (κ2) is 7.64. The standard InChI is InChI=1S/C23H14BrFO4/c1-13-19(29-23(27)15-4-8-17(25)9-5-15)11-10-18-21(26)20(28-22(13)18)12-14-2-6-16(24)7-3-14/h2-12H,1H3/b20-12-. The molecule has 0 bridgehead atoms. The number of esters is 1. The molecular weight excluding hydrogens is 439 g/mol. The number of carbonyl (C=O) groups excluding carboxylic acids is 2. The fourth-order valence-electron chi connectivity index (χ4n) is 2.93. The van der Waals surface area contributed by atoms with Crippen molar-refractivity contribution in [2.24, 2.45) is 0 Å². The molecule has 1 heterocycles. The maximum Gasteiger partial charge on any atom is 0.343 e. The molecule has 1 aliphatic heterocycles. The number of fused-ring (bicyclic) bond motifs is 1. The van der Waals surface area contributed by atoms with Crippen molar-refractivity contribution in [3.05, 3.63) is 99.0 Å². The van der Waals surface area contributed by atoms with Gasteiger partial charge in [-0.1, -0.05) is 28.1 Å². The molecule has 3 aromatic carbocycles. The second-order valence-electron chi connectivity index (χ2n) is 6.45. The number of hydrogen-bond donors (Lipinski definition) is 0. The van der Waals surface area contributed by atoms with Gasteiger partial charge in [0, 0.05) is 10.0 Å². The SMILES string of the molecule is Cc1c(OC(=O)c2ccc(F)cc2)ccc2c1O/C(=C\c1ccc(Br)cc1)C2=O. The van der Waals surface area contributed by atoms with Crippen LogP contribution in [0.3, 0.4) is 0 Å². The molecule has 0 fully saturated rings. The van der Waals surface area contributed by atoms with E-state index in [0.29, 0.717) is 16.9 Å². The molecule has 4 rings (SSSR count). The van der Waals surface area contributed by atoms with Crippen LogP contribution in [0.4, 0.5) is 4.39 Å². The zero-order valence-electron chi connectivity index (χ0n) is 15.2. The van der Waals surface area contributed by atoms with E-state index in [4.69, 9.17) is 9.47 Å². The van der Waals surface area contributed by atoms with Crippen LogP contribution in [0, 0.1) is 12.7 Å². The molecule has 4 nitrogen and oxygen atoms in total. The average molecular weight is 453 g/mol. The highest BCUT2D eigenvalue weighted by atomic mass is 79.9. The van der Waals surface area contributed by atoms with Gasteiger partial charge >= 0.3 is 5.97 Å². The molecule has 0 unspecified atom stereocenters. The number of ketones is 1. The Morgan fingerprint density at radius 3 is 2.41 bits per heavy atom. The van der Waals surface area contributed by atoms with Crippen LogP contribution in [0.2, 0.25) is 0 Å². The van der Waals surface area contributed by atoms with E-state index in [9.17, 15) is 14.0 Å². The van der Waals surface area contributed by atoms with E-state index in [-0.39, 0.29) is 22.9 Å². The predicted molar refractivity (Wildman–Crippen MR) is 110 cm³/mol. The zero-order chi connectivity index (χ0) is 20.5. The van der Waals surface area contributed by atoms with Gasteiger partial charge in [0.1, 0.15) is 17.3 Å². The average Bonchev–Trinajstić information content (AvgIpc) is 3.03. The molecule has 0 atom stereocenters. The van der Waals surface area contributed by atoms with Crippen molar-refractivity contribution in [1.29, 1.82) is 0 Å². The Bertz CT molecular complexity index is 1150. The minimum atomic E-state index is -0.622. The molecule has 0 saturated heterocycles. The van der Waals surface area contributed by atoms with E-state index in [0.717, 1.165) is 10.0 Å². The lowest BCUT2D eigenvalue weighted by Crippen LogP contribution is -2.09. The first-order chi connectivity index (χ1) is 13.9. The van der Waals surface area contributed by atoms with Crippen LogP contribution in [0.15, 0.2) is 70.9 Å². The second-order valence-corrected chi connectivity index (χ2v) is 7.37. The van der Waals surface area contributed by atoms with Crippen molar-refractivity contribution >= 4 is 33.8 Å². The van der Waals surface area contributed by atoms with Crippen LogP contribution in [0.5, 0.6) is 11.5 Å². The first-order valence-electron chi connectivity index (χ1n) is 8.73. The van der Waals surface area contributed by atoms with Crippen LogP contribution in [-0.4, -0.2) is 11.8 Å². The molecule has 0 saturated carbocycles. The Morgan fingerprint density at radius 2 is 1.72 bits per heavy atom. The summed E-state index contributed by atoms with van der Waals surface area (Å²) in [6, 6.07) is 15.7. The largest absolute Gasteiger partial charge is 0.452 e. The van der Waals surface area contributed by atoms with Crippen LogP contribution >= 0.6 is 15.9 Å². The van der Waals surface area contributed by atoms with Gasteiger partial charge in [-0.15, -0.1) is 0 Å². The topological polar surface area (TPSA) is 52.6 Å².